The molecule has 0 saturated heterocycles. The van der Waals surface area contributed by atoms with E-state index in [1.165, 1.54) is 15.6 Å². The minimum Gasteiger partial charge on any atom is -0.404 e. The first-order valence-corrected chi connectivity index (χ1v) is 11.1. The van der Waals surface area contributed by atoms with Crippen molar-refractivity contribution in [3.05, 3.63) is 104 Å². The third kappa shape index (κ3) is 3.87. The van der Waals surface area contributed by atoms with Crippen LogP contribution in [0.4, 0.5) is 0 Å². The zero-order valence-corrected chi connectivity index (χ0v) is 16.3. The van der Waals surface area contributed by atoms with Gasteiger partial charge in [-0.05, 0) is 27.9 Å². The molecule has 0 amide bonds. The molecule has 0 bridgehead atoms. The largest absolute Gasteiger partial charge is 0.404 e. The summed E-state index contributed by atoms with van der Waals surface area (Å²) in [4.78, 5) is 0. The summed E-state index contributed by atoms with van der Waals surface area (Å²) in [6.07, 6.45) is 2.98. The molecule has 1 atom stereocenters. The van der Waals surface area contributed by atoms with Crippen molar-refractivity contribution in [1.29, 1.82) is 0 Å². The monoisotopic (exact) mass is 358 g/mol. The topological polar surface area (TPSA) is 9.23 Å². The zero-order chi connectivity index (χ0) is 18.2. The van der Waals surface area contributed by atoms with Gasteiger partial charge in [-0.25, -0.2) is 0 Å². The van der Waals surface area contributed by atoms with Crippen molar-refractivity contribution >= 4 is 23.9 Å². The van der Waals surface area contributed by atoms with E-state index in [0.717, 1.165) is 13.0 Å². The van der Waals surface area contributed by atoms with Crippen LogP contribution in [0.15, 0.2) is 104 Å². The summed E-state index contributed by atoms with van der Waals surface area (Å²) in [5.41, 5.74) is 0. The summed E-state index contributed by atoms with van der Waals surface area (Å²) in [6, 6.07) is 32.1. The van der Waals surface area contributed by atoms with Gasteiger partial charge in [0.1, 0.15) is 0 Å². The maximum absolute atomic E-state index is 6.85. The lowest BCUT2D eigenvalue weighted by atomic mass is 10.1. The fraction of sp³-hybridized carbons (Fsp3) is 0.167. The number of hydrogen-bond donors (Lipinski definition) is 0. The first-order chi connectivity index (χ1) is 12.8. The second kappa shape index (κ2) is 8.79. The van der Waals surface area contributed by atoms with Crippen molar-refractivity contribution in [3.8, 4) is 0 Å². The van der Waals surface area contributed by atoms with Crippen LogP contribution in [0.3, 0.4) is 0 Å². The highest BCUT2D eigenvalue weighted by Crippen LogP contribution is 2.12. The molecule has 0 aromatic heterocycles. The summed E-state index contributed by atoms with van der Waals surface area (Å²) >= 11 is 0. The molecule has 0 aliphatic carbocycles. The van der Waals surface area contributed by atoms with Gasteiger partial charge in [-0.3, -0.25) is 0 Å². The van der Waals surface area contributed by atoms with Crippen LogP contribution in [0.2, 0.25) is 0 Å². The zero-order valence-electron chi connectivity index (χ0n) is 15.3. The minimum absolute atomic E-state index is 0.448. The highest BCUT2D eigenvalue weighted by Gasteiger charge is 2.41. The lowest BCUT2D eigenvalue weighted by molar-refractivity contribution is 0.300. The van der Waals surface area contributed by atoms with Crippen molar-refractivity contribution in [2.45, 2.75) is 13.3 Å². The molecule has 0 aliphatic rings. The van der Waals surface area contributed by atoms with Crippen molar-refractivity contribution in [3.63, 3.8) is 0 Å². The molecular formula is C24H26OSi. The summed E-state index contributed by atoms with van der Waals surface area (Å²) in [5.74, 6) is 0.448. The lowest BCUT2D eigenvalue weighted by Crippen LogP contribution is -2.69. The number of benzene rings is 3. The first kappa shape index (κ1) is 18.4. The SMILES string of the molecule is C=CC(C)CCO[Si](c1ccccc1)(c1ccccc1)c1ccccc1. The van der Waals surface area contributed by atoms with E-state index < -0.39 is 8.32 Å². The predicted molar refractivity (Wildman–Crippen MR) is 114 cm³/mol. The van der Waals surface area contributed by atoms with E-state index in [0.29, 0.717) is 5.92 Å². The molecule has 26 heavy (non-hydrogen) atoms. The van der Waals surface area contributed by atoms with Crippen LogP contribution in [0, 0.1) is 5.92 Å². The molecular weight excluding hydrogens is 332 g/mol. The molecule has 0 heterocycles. The van der Waals surface area contributed by atoms with E-state index in [-0.39, 0.29) is 0 Å². The van der Waals surface area contributed by atoms with Crippen LogP contribution in [-0.4, -0.2) is 14.9 Å². The molecule has 0 aliphatic heterocycles. The fourth-order valence-corrected chi connectivity index (χ4v) is 7.19. The van der Waals surface area contributed by atoms with E-state index in [2.05, 4.69) is 104 Å². The molecule has 132 valence electrons. The van der Waals surface area contributed by atoms with Crippen molar-refractivity contribution in [2.24, 2.45) is 5.92 Å². The molecule has 1 nitrogen and oxygen atoms in total. The van der Waals surface area contributed by atoms with Crippen LogP contribution in [0.25, 0.3) is 0 Å². The van der Waals surface area contributed by atoms with Gasteiger partial charge in [0.25, 0.3) is 8.32 Å². The Kier molecular flexibility index (Phi) is 6.21. The minimum atomic E-state index is -2.54. The fourth-order valence-electron chi connectivity index (χ4n) is 3.28. The molecule has 1 unspecified atom stereocenters. The Hall–Kier alpha value is -2.42. The maximum atomic E-state index is 6.85. The summed E-state index contributed by atoms with van der Waals surface area (Å²) in [7, 11) is -2.54. The van der Waals surface area contributed by atoms with Gasteiger partial charge in [0, 0.05) is 6.61 Å². The lowest BCUT2D eigenvalue weighted by Gasteiger charge is -2.33. The normalized spacial score (nSPS) is 12.5. The van der Waals surface area contributed by atoms with Gasteiger partial charge in [0.15, 0.2) is 0 Å². The van der Waals surface area contributed by atoms with E-state index in [9.17, 15) is 0 Å². The van der Waals surface area contributed by atoms with Gasteiger partial charge in [-0.2, -0.15) is 0 Å². The Labute approximate surface area is 158 Å². The smallest absolute Gasteiger partial charge is 0.288 e. The summed E-state index contributed by atoms with van der Waals surface area (Å²) in [6.45, 7) is 6.81. The maximum Gasteiger partial charge on any atom is 0.288 e. The first-order valence-electron chi connectivity index (χ1n) is 9.20. The summed E-state index contributed by atoms with van der Waals surface area (Å²) in [5, 5.41) is 3.84. The van der Waals surface area contributed by atoms with Crippen LogP contribution in [0.5, 0.6) is 0 Å². The quantitative estimate of drug-likeness (QED) is 0.337. The molecule has 2 heteroatoms. The highest BCUT2D eigenvalue weighted by molar-refractivity contribution is 7.07. The Balaban J connectivity index is 2.13. The Bertz CT molecular complexity index is 703. The van der Waals surface area contributed by atoms with E-state index >= 15 is 0 Å². The summed E-state index contributed by atoms with van der Waals surface area (Å²) < 4.78 is 6.85. The predicted octanol–water partition coefficient (Wildman–Crippen LogP) is 3.88. The van der Waals surface area contributed by atoms with Gasteiger partial charge in [-0.1, -0.05) is 104 Å². The second-order valence-electron chi connectivity index (χ2n) is 6.63. The average molecular weight is 359 g/mol. The van der Waals surface area contributed by atoms with Gasteiger partial charge in [-0.15, -0.1) is 6.58 Å². The number of hydrogen-bond acceptors (Lipinski definition) is 1. The van der Waals surface area contributed by atoms with Gasteiger partial charge >= 0.3 is 0 Å². The molecule has 3 aromatic carbocycles. The average Bonchev–Trinajstić information content (AvgIpc) is 2.73. The van der Waals surface area contributed by atoms with Crippen LogP contribution >= 0.6 is 0 Å². The van der Waals surface area contributed by atoms with E-state index in [4.69, 9.17) is 4.43 Å². The molecule has 0 N–H and O–H groups in total. The van der Waals surface area contributed by atoms with Crippen LogP contribution in [-0.2, 0) is 4.43 Å². The Morgan fingerprint density at radius 1 is 0.769 bits per heavy atom. The molecule has 3 aromatic rings. The van der Waals surface area contributed by atoms with Crippen LogP contribution in [0.1, 0.15) is 13.3 Å². The number of rotatable bonds is 8. The van der Waals surface area contributed by atoms with E-state index in [1.54, 1.807) is 0 Å². The number of allylic oxidation sites excluding steroid dienone is 1. The van der Waals surface area contributed by atoms with Crippen LogP contribution < -0.4 is 15.6 Å². The highest BCUT2D eigenvalue weighted by atomic mass is 28.4. The standard InChI is InChI=1S/C24H26OSi/c1-3-21(2)19-20-25-26(22-13-7-4-8-14-22,23-15-9-5-10-16-23)24-17-11-6-12-18-24/h3-18,21H,1,19-20H2,2H3. The third-order valence-corrected chi connectivity index (χ3v) is 8.91. The van der Waals surface area contributed by atoms with E-state index in [1.807, 2.05) is 6.08 Å². The van der Waals surface area contributed by atoms with Gasteiger partial charge < -0.3 is 4.43 Å². The van der Waals surface area contributed by atoms with Crippen molar-refractivity contribution in [2.75, 3.05) is 6.61 Å². The van der Waals surface area contributed by atoms with Gasteiger partial charge in [0.2, 0.25) is 0 Å². The Morgan fingerprint density at radius 2 is 1.15 bits per heavy atom. The molecule has 0 spiro atoms. The van der Waals surface area contributed by atoms with Crippen molar-refractivity contribution in [1.82, 2.24) is 0 Å². The molecule has 0 radical (unpaired) electrons. The van der Waals surface area contributed by atoms with Crippen molar-refractivity contribution < 1.29 is 4.43 Å². The Morgan fingerprint density at radius 3 is 1.50 bits per heavy atom. The van der Waals surface area contributed by atoms with Gasteiger partial charge in [0.05, 0.1) is 0 Å². The second-order valence-corrected chi connectivity index (χ2v) is 10.0. The molecule has 3 rings (SSSR count). The molecule has 0 fully saturated rings. The third-order valence-electron chi connectivity index (χ3n) is 4.84. The molecule has 0 saturated carbocycles.